The molecule has 1 aliphatic rings. The second kappa shape index (κ2) is 13.6. The van der Waals surface area contributed by atoms with Crippen molar-refractivity contribution in [3.8, 4) is 5.75 Å². The van der Waals surface area contributed by atoms with E-state index in [1.165, 1.54) is 38.5 Å². The van der Waals surface area contributed by atoms with Gasteiger partial charge in [0.2, 0.25) is 5.91 Å². The predicted octanol–water partition coefficient (Wildman–Crippen LogP) is 4.95. The smallest absolute Gasteiger partial charge is 0.224 e. The zero-order valence-electron chi connectivity index (χ0n) is 16.7. The maximum Gasteiger partial charge on any atom is 0.224 e. The lowest BCUT2D eigenvalue weighted by atomic mass is 10.0. The third kappa shape index (κ3) is 9.78. The maximum absolute atomic E-state index is 11.9. The van der Waals surface area contributed by atoms with Crippen LogP contribution in [0, 0.1) is 0 Å². The first kappa shape index (κ1) is 21.7. The largest absolute Gasteiger partial charge is 0.497 e. The lowest BCUT2D eigenvalue weighted by Gasteiger charge is -2.22. The molecule has 27 heavy (non-hydrogen) atoms. The molecule has 1 heterocycles. The van der Waals surface area contributed by atoms with E-state index in [-0.39, 0.29) is 5.91 Å². The minimum absolute atomic E-state index is 0.0917. The first-order chi connectivity index (χ1) is 13.3. The minimum Gasteiger partial charge on any atom is -0.497 e. The van der Waals surface area contributed by atoms with Gasteiger partial charge >= 0.3 is 0 Å². The van der Waals surface area contributed by atoms with Gasteiger partial charge in [0.15, 0.2) is 0 Å². The lowest BCUT2D eigenvalue weighted by Crippen LogP contribution is -2.28. The molecule has 1 aromatic rings. The van der Waals surface area contributed by atoms with Crippen LogP contribution in [0.15, 0.2) is 24.3 Å². The molecular weight excluding hydrogens is 342 g/mol. The molecule has 1 amide bonds. The zero-order chi connectivity index (χ0) is 19.2. The van der Waals surface area contributed by atoms with Crippen LogP contribution in [0.2, 0.25) is 0 Å². The number of anilines is 1. The summed E-state index contributed by atoms with van der Waals surface area (Å²) in [6, 6.07) is 7.44. The van der Waals surface area contributed by atoms with Gasteiger partial charge in [-0.05, 0) is 37.1 Å². The van der Waals surface area contributed by atoms with Crippen molar-refractivity contribution in [2.45, 2.75) is 70.3 Å². The van der Waals surface area contributed by atoms with E-state index < -0.39 is 0 Å². The van der Waals surface area contributed by atoms with Crippen molar-refractivity contribution in [1.82, 2.24) is 0 Å². The van der Waals surface area contributed by atoms with Gasteiger partial charge in [0, 0.05) is 12.1 Å². The van der Waals surface area contributed by atoms with E-state index in [2.05, 4.69) is 5.32 Å². The van der Waals surface area contributed by atoms with E-state index in [0.29, 0.717) is 12.5 Å². The summed E-state index contributed by atoms with van der Waals surface area (Å²) >= 11 is 0. The Bertz CT molecular complexity index is 512. The second-order valence-corrected chi connectivity index (χ2v) is 7.21. The van der Waals surface area contributed by atoms with Crippen LogP contribution in [0.5, 0.6) is 5.75 Å². The third-order valence-electron chi connectivity index (χ3n) is 4.94. The van der Waals surface area contributed by atoms with Crippen molar-refractivity contribution in [1.29, 1.82) is 0 Å². The highest BCUT2D eigenvalue weighted by Gasteiger charge is 2.13. The summed E-state index contributed by atoms with van der Waals surface area (Å²) in [7, 11) is 1.63. The number of nitrogens with one attached hydrogen (secondary N) is 1. The molecule has 0 aromatic heterocycles. The summed E-state index contributed by atoms with van der Waals surface area (Å²) in [4.78, 5) is 11.9. The number of rotatable bonds is 13. The normalized spacial score (nSPS) is 16.9. The molecule has 0 aliphatic carbocycles. The Morgan fingerprint density at radius 2 is 1.67 bits per heavy atom. The van der Waals surface area contributed by atoms with Crippen molar-refractivity contribution < 1.29 is 19.0 Å². The number of carbonyl (C=O) groups excluding carboxylic acids is 1. The molecule has 5 nitrogen and oxygen atoms in total. The van der Waals surface area contributed by atoms with Gasteiger partial charge in [-0.2, -0.15) is 0 Å². The summed E-state index contributed by atoms with van der Waals surface area (Å²) in [5.41, 5.74) is 0.825. The average molecular weight is 378 g/mol. The lowest BCUT2D eigenvalue weighted by molar-refractivity contribution is -0.116. The Balaban J connectivity index is 1.37. The van der Waals surface area contributed by atoms with Crippen molar-refractivity contribution in [2.24, 2.45) is 0 Å². The van der Waals surface area contributed by atoms with Gasteiger partial charge < -0.3 is 19.5 Å². The maximum atomic E-state index is 11.9. The van der Waals surface area contributed by atoms with Gasteiger partial charge in [-0.3, -0.25) is 4.79 Å². The molecule has 1 unspecified atom stereocenters. The van der Waals surface area contributed by atoms with E-state index in [9.17, 15) is 4.79 Å². The fourth-order valence-electron chi connectivity index (χ4n) is 3.32. The van der Waals surface area contributed by atoms with Crippen LogP contribution in [0.4, 0.5) is 5.69 Å². The highest BCUT2D eigenvalue weighted by atomic mass is 16.6. The highest BCUT2D eigenvalue weighted by molar-refractivity contribution is 5.90. The molecule has 1 saturated heterocycles. The quantitative estimate of drug-likeness (QED) is 0.494. The average Bonchev–Trinajstić information content (AvgIpc) is 2.70. The van der Waals surface area contributed by atoms with Crippen LogP contribution in [0.25, 0.3) is 0 Å². The second-order valence-electron chi connectivity index (χ2n) is 7.21. The van der Waals surface area contributed by atoms with Gasteiger partial charge in [-0.1, -0.05) is 44.9 Å². The Kier molecular flexibility index (Phi) is 10.9. The Morgan fingerprint density at radius 1 is 1.00 bits per heavy atom. The molecule has 1 fully saturated rings. The van der Waals surface area contributed by atoms with E-state index >= 15 is 0 Å². The van der Waals surface area contributed by atoms with Crippen LogP contribution in [-0.2, 0) is 14.3 Å². The van der Waals surface area contributed by atoms with Crippen LogP contribution in [0.1, 0.15) is 64.2 Å². The number of methoxy groups -OCH3 is 1. The first-order valence-electron chi connectivity index (χ1n) is 10.4. The van der Waals surface area contributed by atoms with Gasteiger partial charge in [0.25, 0.3) is 0 Å². The van der Waals surface area contributed by atoms with E-state index in [0.717, 1.165) is 50.5 Å². The molecule has 0 radical (unpaired) electrons. The predicted molar refractivity (Wildman–Crippen MR) is 108 cm³/mol. The summed E-state index contributed by atoms with van der Waals surface area (Å²) in [5.74, 6) is 0.887. The fourth-order valence-corrected chi connectivity index (χ4v) is 3.32. The van der Waals surface area contributed by atoms with Crippen molar-refractivity contribution in [3.05, 3.63) is 24.3 Å². The molecule has 1 aromatic carbocycles. The minimum atomic E-state index is 0.0917. The SMILES string of the molecule is COc1ccc(NC(=O)CCCCCCCCCCC2COCCO2)cc1. The van der Waals surface area contributed by atoms with Crippen LogP contribution < -0.4 is 10.1 Å². The van der Waals surface area contributed by atoms with Crippen LogP contribution in [0.3, 0.4) is 0 Å². The molecule has 1 aliphatic heterocycles. The monoisotopic (exact) mass is 377 g/mol. The number of hydrogen-bond donors (Lipinski definition) is 1. The summed E-state index contributed by atoms with van der Waals surface area (Å²) < 4.78 is 16.2. The summed E-state index contributed by atoms with van der Waals surface area (Å²) in [6.07, 6.45) is 11.7. The first-order valence-corrected chi connectivity index (χ1v) is 10.4. The van der Waals surface area contributed by atoms with E-state index in [4.69, 9.17) is 14.2 Å². The Hall–Kier alpha value is -1.59. The molecule has 0 bridgehead atoms. The molecule has 2 rings (SSSR count). The number of amides is 1. The molecule has 152 valence electrons. The van der Waals surface area contributed by atoms with Crippen molar-refractivity contribution >= 4 is 11.6 Å². The standard InChI is InChI=1S/C22H35NO4/c1-25-20-14-12-19(13-15-20)23-22(24)11-9-7-5-3-2-4-6-8-10-21-18-26-16-17-27-21/h12-15,21H,2-11,16-18H2,1H3,(H,23,24). The number of carbonyl (C=O) groups is 1. The molecule has 5 heteroatoms. The highest BCUT2D eigenvalue weighted by Crippen LogP contribution is 2.16. The van der Waals surface area contributed by atoms with Crippen LogP contribution in [-0.4, -0.2) is 38.9 Å². The topological polar surface area (TPSA) is 56.8 Å². The van der Waals surface area contributed by atoms with Gasteiger partial charge in [0.05, 0.1) is 33.0 Å². The van der Waals surface area contributed by atoms with Gasteiger partial charge in [-0.25, -0.2) is 0 Å². The summed E-state index contributed by atoms with van der Waals surface area (Å²) in [5, 5.41) is 2.93. The number of unbranched alkanes of at least 4 members (excludes halogenated alkanes) is 7. The fraction of sp³-hybridized carbons (Fsp3) is 0.682. The molecule has 0 saturated carbocycles. The third-order valence-corrected chi connectivity index (χ3v) is 4.94. The van der Waals surface area contributed by atoms with Crippen molar-refractivity contribution in [3.63, 3.8) is 0 Å². The molecule has 1 atom stereocenters. The number of ether oxygens (including phenoxy) is 3. The zero-order valence-corrected chi connectivity index (χ0v) is 16.7. The van der Waals surface area contributed by atoms with E-state index in [1.54, 1.807) is 7.11 Å². The summed E-state index contributed by atoms with van der Waals surface area (Å²) in [6.45, 7) is 2.27. The van der Waals surface area contributed by atoms with Gasteiger partial charge in [0.1, 0.15) is 5.75 Å². The van der Waals surface area contributed by atoms with Crippen molar-refractivity contribution in [2.75, 3.05) is 32.2 Å². The number of benzene rings is 1. The molecular formula is C22H35NO4. The molecule has 1 N–H and O–H groups in total. The van der Waals surface area contributed by atoms with E-state index in [1.807, 2.05) is 24.3 Å². The molecule has 0 spiro atoms. The van der Waals surface area contributed by atoms with Gasteiger partial charge in [-0.15, -0.1) is 0 Å². The number of hydrogen-bond acceptors (Lipinski definition) is 4. The Morgan fingerprint density at radius 3 is 2.30 bits per heavy atom. The Labute approximate surface area is 163 Å². The van der Waals surface area contributed by atoms with Crippen LogP contribution >= 0.6 is 0 Å².